The van der Waals surface area contributed by atoms with Crippen LogP contribution >= 0.6 is 0 Å². The van der Waals surface area contributed by atoms with Crippen molar-refractivity contribution in [3.8, 4) is 0 Å². The maximum Gasteiger partial charge on any atom is -0.0184 e. The summed E-state index contributed by atoms with van der Waals surface area (Å²) in [5.41, 5.74) is 1.35. The molecule has 0 heterocycles. The fourth-order valence-electron chi connectivity index (χ4n) is 4.98. The van der Waals surface area contributed by atoms with Gasteiger partial charge in [-0.05, 0) is 47.3 Å². The lowest BCUT2D eigenvalue weighted by Gasteiger charge is -2.83. The monoisotopic (exact) mass is 164 g/mol. The van der Waals surface area contributed by atoms with E-state index in [4.69, 9.17) is 0 Å². The van der Waals surface area contributed by atoms with Crippen molar-refractivity contribution in [3.63, 3.8) is 0 Å². The van der Waals surface area contributed by atoms with Gasteiger partial charge in [-0.3, -0.25) is 0 Å². The van der Waals surface area contributed by atoms with Crippen LogP contribution in [-0.4, -0.2) is 0 Å². The minimum absolute atomic E-state index is 0.574. The number of hydrogen-bond acceptors (Lipinski definition) is 0. The molecule has 0 aromatic carbocycles. The average Bonchev–Trinajstić information content (AvgIpc) is 1.90. The Kier molecular flexibility index (Phi) is 1.00. The Balaban J connectivity index is 1.95. The van der Waals surface area contributed by atoms with Crippen molar-refractivity contribution in [2.45, 2.75) is 40.5 Å². The normalized spacial score (nSPS) is 61.0. The minimum atomic E-state index is 0.574. The maximum atomic E-state index is 2.50. The summed E-state index contributed by atoms with van der Waals surface area (Å²) in [7, 11) is 0. The van der Waals surface area contributed by atoms with Crippen molar-refractivity contribution in [2.75, 3.05) is 0 Å². The van der Waals surface area contributed by atoms with Crippen LogP contribution in [0.25, 0.3) is 0 Å². The van der Waals surface area contributed by atoms with Crippen LogP contribution in [0.2, 0.25) is 0 Å². The van der Waals surface area contributed by atoms with Crippen molar-refractivity contribution in [3.05, 3.63) is 0 Å². The van der Waals surface area contributed by atoms with Gasteiger partial charge in [0.05, 0.1) is 0 Å². The van der Waals surface area contributed by atoms with Gasteiger partial charge < -0.3 is 0 Å². The molecule has 0 nitrogen and oxygen atoms in total. The molecule has 0 spiro atoms. The molecule has 0 aromatic heterocycles. The van der Waals surface area contributed by atoms with Crippen LogP contribution in [-0.2, 0) is 0 Å². The molecule has 0 aromatic rings. The Labute approximate surface area is 75.7 Å². The molecule has 3 saturated carbocycles. The highest BCUT2D eigenvalue weighted by Gasteiger charge is 2.78. The smallest absolute Gasteiger partial charge is 0.0184 e. The molecule has 3 aliphatic carbocycles. The maximum absolute atomic E-state index is 2.50. The second-order valence-electron chi connectivity index (χ2n) is 6.47. The van der Waals surface area contributed by atoms with Crippen LogP contribution in [0.4, 0.5) is 0 Å². The summed E-state index contributed by atoms with van der Waals surface area (Å²) in [6, 6.07) is 0. The van der Waals surface area contributed by atoms with Gasteiger partial charge in [0.15, 0.2) is 0 Å². The molecule has 0 N–H and O–H groups in total. The van der Waals surface area contributed by atoms with Gasteiger partial charge >= 0.3 is 0 Å². The van der Waals surface area contributed by atoms with E-state index < -0.39 is 0 Å². The molecular formula is C12H20. The van der Waals surface area contributed by atoms with Gasteiger partial charge in [0.2, 0.25) is 0 Å². The van der Waals surface area contributed by atoms with E-state index in [1.54, 1.807) is 12.8 Å². The predicted octanol–water partition coefficient (Wildman–Crippen LogP) is 3.32. The fraction of sp³-hybridized carbons (Fsp3) is 1.00. The second kappa shape index (κ2) is 1.63. The molecule has 3 fully saturated rings. The van der Waals surface area contributed by atoms with Gasteiger partial charge in [0, 0.05) is 0 Å². The SMILES string of the molecule is CC1C2CC3CC1(C(C)(C)C)C32. The van der Waals surface area contributed by atoms with E-state index in [2.05, 4.69) is 27.7 Å². The molecule has 0 aliphatic heterocycles. The molecular weight excluding hydrogens is 144 g/mol. The quantitative estimate of drug-likeness (QED) is 0.515. The van der Waals surface area contributed by atoms with Crippen molar-refractivity contribution < 1.29 is 0 Å². The first kappa shape index (κ1) is 7.41. The van der Waals surface area contributed by atoms with E-state index in [9.17, 15) is 0 Å². The van der Waals surface area contributed by atoms with Gasteiger partial charge in [-0.2, -0.15) is 0 Å². The minimum Gasteiger partial charge on any atom is -0.0617 e. The highest BCUT2D eigenvalue weighted by Crippen LogP contribution is 2.84. The Hall–Kier alpha value is 0. The highest BCUT2D eigenvalue weighted by atomic mass is 14.8. The molecule has 5 atom stereocenters. The molecule has 0 bridgehead atoms. The molecule has 12 heavy (non-hydrogen) atoms. The number of hydrogen-bond donors (Lipinski definition) is 0. The molecule has 5 unspecified atom stereocenters. The fourth-order valence-corrected chi connectivity index (χ4v) is 4.98. The first-order valence-electron chi connectivity index (χ1n) is 5.48. The van der Waals surface area contributed by atoms with E-state index in [0.29, 0.717) is 5.41 Å². The van der Waals surface area contributed by atoms with Crippen LogP contribution in [0.5, 0.6) is 0 Å². The molecule has 68 valence electrons. The van der Waals surface area contributed by atoms with Crippen molar-refractivity contribution >= 4 is 0 Å². The van der Waals surface area contributed by atoms with E-state index in [0.717, 1.165) is 29.1 Å². The zero-order valence-electron chi connectivity index (χ0n) is 8.72. The summed E-state index contributed by atoms with van der Waals surface area (Å²) in [4.78, 5) is 0. The van der Waals surface area contributed by atoms with Gasteiger partial charge in [-0.15, -0.1) is 0 Å². The van der Waals surface area contributed by atoms with E-state index in [1.165, 1.54) is 0 Å². The lowest BCUT2D eigenvalue weighted by Crippen LogP contribution is -2.78. The van der Waals surface area contributed by atoms with Crippen LogP contribution in [0.1, 0.15) is 40.5 Å². The molecule has 0 radical (unpaired) electrons. The summed E-state index contributed by atoms with van der Waals surface area (Å²) >= 11 is 0. The van der Waals surface area contributed by atoms with Crippen LogP contribution in [0.15, 0.2) is 0 Å². The Morgan fingerprint density at radius 3 is 2.17 bits per heavy atom. The predicted molar refractivity (Wildman–Crippen MR) is 50.8 cm³/mol. The summed E-state index contributed by atoms with van der Waals surface area (Å²) in [5.74, 6) is 4.49. The lowest BCUT2D eigenvalue weighted by atomic mass is 9.21. The Morgan fingerprint density at radius 2 is 1.92 bits per heavy atom. The highest BCUT2D eigenvalue weighted by molar-refractivity contribution is 5.26. The first-order valence-corrected chi connectivity index (χ1v) is 5.48. The van der Waals surface area contributed by atoms with Crippen molar-refractivity contribution in [1.29, 1.82) is 0 Å². The largest absolute Gasteiger partial charge is 0.0617 e. The Bertz CT molecular complexity index is 227. The molecule has 0 heteroatoms. The van der Waals surface area contributed by atoms with E-state index >= 15 is 0 Å². The van der Waals surface area contributed by atoms with Crippen molar-refractivity contribution in [2.24, 2.45) is 34.5 Å². The van der Waals surface area contributed by atoms with E-state index in [-0.39, 0.29) is 0 Å². The zero-order chi connectivity index (χ0) is 8.72. The van der Waals surface area contributed by atoms with Gasteiger partial charge in [0.1, 0.15) is 0 Å². The third-order valence-electron chi connectivity index (χ3n) is 5.59. The summed E-state index contributed by atoms with van der Waals surface area (Å²) in [6.07, 6.45) is 3.13. The van der Waals surface area contributed by atoms with Gasteiger partial charge in [-0.25, -0.2) is 0 Å². The van der Waals surface area contributed by atoms with Crippen LogP contribution in [0, 0.1) is 34.5 Å². The molecule has 3 rings (SSSR count). The third-order valence-corrected chi connectivity index (χ3v) is 5.59. The lowest BCUT2D eigenvalue weighted by molar-refractivity contribution is -0.355. The number of rotatable bonds is 0. The second-order valence-corrected chi connectivity index (χ2v) is 6.47. The van der Waals surface area contributed by atoms with Crippen molar-refractivity contribution in [1.82, 2.24) is 0 Å². The van der Waals surface area contributed by atoms with Crippen LogP contribution in [0.3, 0.4) is 0 Å². The third kappa shape index (κ3) is 0.459. The van der Waals surface area contributed by atoms with Gasteiger partial charge in [0.25, 0.3) is 0 Å². The first-order chi connectivity index (χ1) is 5.48. The van der Waals surface area contributed by atoms with E-state index in [1.807, 2.05) is 0 Å². The summed E-state index contributed by atoms with van der Waals surface area (Å²) in [5, 5.41) is 0. The van der Waals surface area contributed by atoms with Crippen LogP contribution < -0.4 is 0 Å². The standard InChI is InChI=1S/C12H20/c1-7-9-5-8-6-12(7,10(8)9)11(2,3)4/h7-10H,5-6H2,1-4H3. The topological polar surface area (TPSA) is 0 Å². The summed E-state index contributed by atoms with van der Waals surface area (Å²) in [6.45, 7) is 9.86. The molecule has 0 amide bonds. The average molecular weight is 164 g/mol. The Morgan fingerprint density at radius 1 is 1.25 bits per heavy atom. The summed E-state index contributed by atoms with van der Waals surface area (Å²) < 4.78 is 0. The van der Waals surface area contributed by atoms with Gasteiger partial charge in [-0.1, -0.05) is 27.7 Å². The molecule has 3 aliphatic rings. The zero-order valence-corrected chi connectivity index (χ0v) is 8.72. The molecule has 0 saturated heterocycles.